The first kappa shape index (κ1) is 32.7. The molecule has 2 heterocycles. The molecule has 1 amide bonds. The maximum absolute atomic E-state index is 13.5. The molecule has 9 heteroatoms. The molecule has 1 aromatic carbocycles. The lowest BCUT2D eigenvalue weighted by Crippen LogP contribution is -2.46. The number of hydrogen-bond donors (Lipinski definition) is 3. The smallest absolute Gasteiger partial charge is 0.253 e. The topological polar surface area (TPSA) is 110 Å². The number of hydrogen-bond acceptors (Lipinski definition) is 5. The van der Waals surface area contributed by atoms with Crippen molar-refractivity contribution in [1.82, 2.24) is 14.6 Å². The van der Waals surface area contributed by atoms with E-state index in [9.17, 15) is 18.3 Å². The van der Waals surface area contributed by atoms with Crippen LogP contribution in [0.1, 0.15) is 108 Å². The number of benzene rings is 1. The number of ether oxygens (including phenoxy) is 1. The van der Waals surface area contributed by atoms with E-state index in [0.717, 1.165) is 41.9 Å². The van der Waals surface area contributed by atoms with Gasteiger partial charge in [-0.2, -0.15) is 0 Å². The van der Waals surface area contributed by atoms with Gasteiger partial charge in [-0.1, -0.05) is 46.1 Å². The highest BCUT2D eigenvalue weighted by Crippen LogP contribution is 2.36. The zero-order valence-corrected chi connectivity index (χ0v) is 27.4. The number of carbonyl (C=O) groups excluding carboxylic acids is 1. The Hall–Kier alpha value is -2.20. The van der Waals surface area contributed by atoms with Gasteiger partial charge in [0.25, 0.3) is 5.91 Å². The fraction of sp³-hybridized carbons (Fsp3) is 0.667. The highest BCUT2D eigenvalue weighted by Gasteiger charge is 2.32. The lowest BCUT2D eigenvalue weighted by molar-refractivity contribution is -0.0605. The summed E-state index contributed by atoms with van der Waals surface area (Å²) in [7, 11) is -3.76. The third-order valence-corrected chi connectivity index (χ3v) is 10.4. The minimum atomic E-state index is -3.76. The SMILES string of the molecule is Cc1c(C(=O)NCC2(O)CCOCC2)cc(-c2ccc(S(=O)(=O)NC(C)(C)C)c(C(C)(C)C)c2)n1CC1CCCCC1. The van der Waals surface area contributed by atoms with E-state index >= 15 is 0 Å². The summed E-state index contributed by atoms with van der Waals surface area (Å²) in [6, 6.07) is 7.49. The number of nitrogens with zero attached hydrogens (tertiary/aromatic N) is 1. The van der Waals surface area contributed by atoms with Crippen LogP contribution < -0.4 is 10.0 Å². The van der Waals surface area contributed by atoms with Crippen molar-refractivity contribution in [2.75, 3.05) is 19.8 Å². The van der Waals surface area contributed by atoms with Crippen molar-refractivity contribution in [2.45, 2.75) is 121 Å². The Labute approximate surface area is 252 Å². The molecule has 0 atom stereocenters. The van der Waals surface area contributed by atoms with Crippen molar-refractivity contribution in [3.8, 4) is 11.3 Å². The molecule has 4 rings (SSSR count). The average Bonchev–Trinajstić information content (AvgIpc) is 3.22. The zero-order valence-electron chi connectivity index (χ0n) is 26.6. The van der Waals surface area contributed by atoms with Crippen LogP contribution in [0.5, 0.6) is 0 Å². The maximum atomic E-state index is 13.5. The fourth-order valence-electron chi connectivity index (χ4n) is 6.21. The molecule has 8 nitrogen and oxygen atoms in total. The predicted octanol–water partition coefficient (Wildman–Crippen LogP) is 5.69. The molecular weight excluding hydrogens is 550 g/mol. The van der Waals surface area contributed by atoms with E-state index < -0.39 is 26.6 Å². The summed E-state index contributed by atoms with van der Waals surface area (Å²) in [4.78, 5) is 13.8. The molecule has 2 aliphatic rings. The van der Waals surface area contributed by atoms with Crippen molar-refractivity contribution in [3.05, 3.63) is 41.1 Å². The Bertz CT molecular complexity index is 1370. The summed E-state index contributed by atoms with van der Waals surface area (Å²) in [6.07, 6.45) is 7.02. The van der Waals surface area contributed by atoms with Crippen LogP contribution in [-0.2, 0) is 26.7 Å². The van der Waals surface area contributed by atoms with Crippen molar-refractivity contribution < 1.29 is 23.1 Å². The van der Waals surface area contributed by atoms with Gasteiger partial charge in [0, 0.05) is 56.1 Å². The molecule has 0 bridgehead atoms. The highest BCUT2D eigenvalue weighted by molar-refractivity contribution is 7.89. The van der Waals surface area contributed by atoms with E-state index in [-0.39, 0.29) is 17.3 Å². The van der Waals surface area contributed by atoms with E-state index in [1.165, 1.54) is 19.3 Å². The largest absolute Gasteiger partial charge is 0.388 e. The molecule has 1 saturated heterocycles. The fourth-order valence-corrected chi connectivity index (χ4v) is 8.03. The monoisotopic (exact) mass is 601 g/mol. The van der Waals surface area contributed by atoms with Gasteiger partial charge in [-0.15, -0.1) is 0 Å². The van der Waals surface area contributed by atoms with Crippen LogP contribution in [0.2, 0.25) is 0 Å². The third-order valence-electron chi connectivity index (χ3n) is 8.59. The number of aliphatic hydroxyl groups is 1. The molecule has 42 heavy (non-hydrogen) atoms. The molecule has 1 aliphatic heterocycles. The van der Waals surface area contributed by atoms with Crippen LogP contribution in [0.3, 0.4) is 0 Å². The van der Waals surface area contributed by atoms with Crippen LogP contribution in [0.25, 0.3) is 11.3 Å². The second-order valence-corrected chi connectivity index (χ2v) is 16.1. The molecule has 0 spiro atoms. The van der Waals surface area contributed by atoms with Crippen LogP contribution in [-0.4, -0.2) is 54.9 Å². The molecule has 234 valence electrons. The van der Waals surface area contributed by atoms with Gasteiger partial charge in [-0.05, 0) is 81.2 Å². The Morgan fingerprint density at radius 1 is 1.05 bits per heavy atom. The van der Waals surface area contributed by atoms with Gasteiger partial charge in [0.05, 0.1) is 16.1 Å². The van der Waals surface area contributed by atoms with E-state index in [4.69, 9.17) is 4.74 Å². The summed E-state index contributed by atoms with van der Waals surface area (Å²) in [6.45, 7) is 15.5. The zero-order chi connectivity index (χ0) is 30.9. The summed E-state index contributed by atoms with van der Waals surface area (Å²) < 4.78 is 37.4. The molecule has 1 aromatic heterocycles. The first-order valence-electron chi connectivity index (χ1n) is 15.5. The lowest BCUT2D eigenvalue weighted by Gasteiger charge is -2.32. The number of sulfonamides is 1. The van der Waals surface area contributed by atoms with Crippen LogP contribution in [0, 0.1) is 12.8 Å². The standard InChI is InChI=1S/C33H51N3O5S/c1-23-26(30(37)34-22-33(38)15-17-41-18-16-33)20-28(36(23)21-24-11-9-8-10-12-24)25-13-14-29(27(19-25)31(2,3)4)42(39,40)35-32(5,6)7/h13-14,19-20,24,35,38H,8-12,15-18,21-22H2,1-7H3,(H,34,37). The van der Waals surface area contributed by atoms with Gasteiger partial charge >= 0.3 is 0 Å². The van der Waals surface area contributed by atoms with Gasteiger partial charge in [-0.25, -0.2) is 13.1 Å². The van der Waals surface area contributed by atoms with E-state index in [1.807, 2.05) is 66.7 Å². The van der Waals surface area contributed by atoms with Crippen molar-refractivity contribution in [2.24, 2.45) is 5.92 Å². The Morgan fingerprint density at radius 3 is 2.29 bits per heavy atom. The average molecular weight is 602 g/mol. The third kappa shape index (κ3) is 7.84. The van der Waals surface area contributed by atoms with Gasteiger partial charge in [-0.3, -0.25) is 4.79 Å². The maximum Gasteiger partial charge on any atom is 0.253 e. The predicted molar refractivity (Wildman–Crippen MR) is 167 cm³/mol. The van der Waals surface area contributed by atoms with Gasteiger partial charge in [0.2, 0.25) is 10.0 Å². The van der Waals surface area contributed by atoms with Crippen molar-refractivity contribution in [1.29, 1.82) is 0 Å². The van der Waals surface area contributed by atoms with Gasteiger partial charge in [0.15, 0.2) is 0 Å². The second-order valence-electron chi connectivity index (χ2n) is 14.5. The molecule has 2 aromatic rings. The van der Waals surface area contributed by atoms with Crippen molar-refractivity contribution >= 4 is 15.9 Å². The summed E-state index contributed by atoms with van der Waals surface area (Å²) in [5.41, 5.74) is 1.98. The van der Waals surface area contributed by atoms with Gasteiger partial charge in [0.1, 0.15) is 0 Å². The Morgan fingerprint density at radius 2 is 1.69 bits per heavy atom. The first-order valence-corrected chi connectivity index (χ1v) is 16.9. The number of amides is 1. The number of nitrogens with one attached hydrogen (secondary N) is 2. The van der Waals surface area contributed by atoms with E-state index in [0.29, 0.717) is 37.5 Å². The number of rotatable bonds is 8. The first-order chi connectivity index (χ1) is 19.5. The lowest BCUT2D eigenvalue weighted by atomic mass is 9.85. The summed E-state index contributed by atoms with van der Waals surface area (Å²) in [5.74, 6) is 0.320. The molecule has 0 radical (unpaired) electrons. The van der Waals surface area contributed by atoms with Crippen LogP contribution >= 0.6 is 0 Å². The number of aromatic nitrogens is 1. The second kappa shape index (κ2) is 12.4. The molecule has 3 N–H and O–H groups in total. The molecular formula is C33H51N3O5S. The quantitative estimate of drug-likeness (QED) is 0.360. The molecule has 2 fully saturated rings. The van der Waals surface area contributed by atoms with Crippen molar-refractivity contribution in [3.63, 3.8) is 0 Å². The molecule has 1 saturated carbocycles. The minimum Gasteiger partial charge on any atom is -0.388 e. The van der Waals surface area contributed by atoms with Crippen LogP contribution in [0.4, 0.5) is 0 Å². The molecule has 1 aliphatic carbocycles. The van der Waals surface area contributed by atoms with Gasteiger partial charge < -0.3 is 19.7 Å². The Balaban J connectivity index is 1.75. The normalized spacial score (nSPS) is 18.7. The Kier molecular flexibility index (Phi) is 9.68. The highest BCUT2D eigenvalue weighted by atomic mass is 32.2. The number of carbonyl (C=O) groups is 1. The van der Waals surface area contributed by atoms with Crippen LogP contribution in [0.15, 0.2) is 29.2 Å². The summed E-state index contributed by atoms with van der Waals surface area (Å²) in [5, 5.41) is 13.9. The van der Waals surface area contributed by atoms with E-state index in [1.54, 1.807) is 6.07 Å². The summed E-state index contributed by atoms with van der Waals surface area (Å²) >= 11 is 0. The van der Waals surface area contributed by atoms with E-state index in [2.05, 4.69) is 14.6 Å². The molecule has 0 unspecified atom stereocenters. The minimum absolute atomic E-state index is 0.180.